The van der Waals surface area contributed by atoms with Crippen molar-refractivity contribution in [1.82, 2.24) is 5.32 Å². The molecule has 0 radical (unpaired) electrons. The van der Waals surface area contributed by atoms with E-state index in [0.717, 1.165) is 17.8 Å². The first kappa shape index (κ1) is 14.2. The zero-order valence-corrected chi connectivity index (χ0v) is 13.1. The normalized spacial score (nSPS) is 36.8. The molecule has 2 rings (SSSR count). The molecular formula is C15H28N2S. The number of nitrogens with zero attached hydrogens (tertiary/aromatic N) is 1. The molecule has 0 aromatic rings. The average Bonchev–Trinajstić information content (AvgIpc) is 2.62. The Balaban J connectivity index is 1.82. The van der Waals surface area contributed by atoms with Crippen molar-refractivity contribution in [2.45, 2.75) is 65.5 Å². The SMILES string of the molecule is CC(C)CC1CSC(NC2CC(C)CC(C)C2)=N1. The first-order valence-corrected chi connectivity index (χ1v) is 8.48. The molecule has 1 aliphatic carbocycles. The second kappa shape index (κ2) is 6.31. The van der Waals surface area contributed by atoms with Crippen molar-refractivity contribution in [3.8, 4) is 0 Å². The van der Waals surface area contributed by atoms with Gasteiger partial charge in [-0.1, -0.05) is 39.5 Å². The highest BCUT2D eigenvalue weighted by atomic mass is 32.2. The molecule has 2 nitrogen and oxygen atoms in total. The first-order valence-electron chi connectivity index (χ1n) is 7.50. The van der Waals surface area contributed by atoms with Gasteiger partial charge in [-0.15, -0.1) is 0 Å². The van der Waals surface area contributed by atoms with E-state index in [1.165, 1.54) is 36.6 Å². The number of aliphatic imine (C=N–C) groups is 1. The van der Waals surface area contributed by atoms with E-state index in [9.17, 15) is 0 Å². The summed E-state index contributed by atoms with van der Waals surface area (Å²) >= 11 is 1.93. The lowest BCUT2D eigenvalue weighted by molar-refractivity contribution is 0.256. The molecule has 0 amide bonds. The molecular weight excluding hydrogens is 240 g/mol. The van der Waals surface area contributed by atoms with E-state index >= 15 is 0 Å². The Hall–Kier alpha value is -0.180. The van der Waals surface area contributed by atoms with Gasteiger partial charge >= 0.3 is 0 Å². The minimum absolute atomic E-state index is 0.552. The van der Waals surface area contributed by atoms with Crippen molar-refractivity contribution >= 4 is 16.9 Å². The topological polar surface area (TPSA) is 24.4 Å². The molecule has 1 N–H and O–H groups in total. The third-order valence-corrected chi connectivity index (χ3v) is 5.01. The summed E-state index contributed by atoms with van der Waals surface area (Å²) in [7, 11) is 0. The number of amidine groups is 1. The molecule has 1 fully saturated rings. The van der Waals surface area contributed by atoms with Crippen molar-refractivity contribution in [1.29, 1.82) is 0 Å². The minimum Gasteiger partial charge on any atom is -0.362 e. The highest BCUT2D eigenvalue weighted by Gasteiger charge is 2.26. The Morgan fingerprint density at radius 1 is 1.22 bits per heavy atom. The molecule has 0 spiro atoms. The molecule has 2 aliphatic rings. The maximum atomic E-state index is 4.84. The third-order valence-electron chi connectivity index (χ3n) is 3.96. The lowest BCUT2D eigenvalue weighted by atomic mass is 9.80. The van der Waals surface area contributed by atoms with Crippen molar-refractivity contribution in [3.63, 3.8) is 0 Å². The second-order valence-corrected chi connectivity index (χ2v) is 7.80. The second-order valence-electron chi connectivity index (χ2n) is 6.79. The number of nitrogens with one attached hydrogen (secondary N) is 1. The summed E-state index contributed by atoms with van der Waals surface area (Å²) in [6.07, 6.45) is 5.26. The van der Waals surface area contributed by atoms with Crippen LogP contribution in [0.3, 0.4) is 0 Å². The molecule has 0 aromatic heterocycles. The van der Waals surface area contributed by atoms with Crippen LogP contribution in [0.25, 0.3) is 0 Å². The molecule has 1 aliphatic heterocycles. The molecule has 104 valence electrons. The van der Waals surface area contributed by atoms with Crippen LogP contribution in [0, 0.1) is 17.8 Å². The van der Waals surface area contributed by atoms with E-state index in [1.54, 1.807) is 0 Å². The van der Waals surface area contributed by atoms with Crippen molar-refractivity contribution in [3.05, 3.63) is 0 Å². The van der Waals surface area contributed by atoms with Crippen LogP contribution >= 0.6 is 11.8 Å². The molecule has 3 atom stereocenters. The Morgan fingerprint density at radius 3 is 2.50 bits per heavy atom. The van der Waals surface area contributed by atoms with E-state index < -0.39 is 0 Å². The van der Waals surface area contributed by atoms with Gasteiger partial charge in [0.2, 0.25) is 0 Å². The molecule has 1 saturated carbocycles. The van der Waals surface area contributed by atoms with Gasteiger partial charge in [-0.3, -0.25) is 4.99 Å². The summed E-state index contributed by atoms with van der Waals surface area (Å²) in [5.41, 5.74) is 0. The number of thioether (sulfide) groups is 1. The molecule has 0 saturated heterocycles. The van der Waals surface area contributed by atoms with E-state index in [1.807, 2.05) is 11.8 Å². The number of hydrogen-bond acceptors (Lipinski definition) is 3. The van der Waals surface area contributed by atoms with Gasteiger partial charge in [0.25, 0.3) is 0 Å². The fourth-order valence-electron chi connectivity index (χ4n) is 3.40. The lowest BCUT2D eigenvalue weighted by Gasteiger charge is -2.32. The zero-order valence-electron chi connectivity index (χ0n) is 12.3. The van der Waals surface area contributed by atoms with Gasteiger partial charge in [0.15, 0.2) is 5.17 Å². The van der Waals surface area contributed by atoms with Crippen LogP contribution in [-0.2, 0) is 0 Å². The Labute approximate surface area is 116 Å². The highest BCUT2D eigenvalue weighted by molar-refractivity contribution is 8.14. The molecule has 18 heavy (non-hydrogen) atoms. The van der Waals surface area contributed by atoms with Crippen molar-refractivity contribution in [2.75, 3.05) is 5.75 Å². The maximum absolute atomic E-state index is 4.84. The van der Waals surface area contributed by atoms with Gasteiger partial charge in [-0.25, -0.2) is 0 Å². The van der Waals surface area contributed by atoms with Gasteiger partial charge in [0, 0.05) is 11.8 Å². The van der Waals surface area contributed by atoms with Gasteiger partial charge in [0.05, 0.1) is 6.04 Å². The summed E-state index contributed by atoms with van der Waals surface area (Å²) in [5, 5.41) is 4.91. The quantitative estimate of drug-likeness (QED) is 0.839. The fourth-order valence-corrected chi connectivity index (χ4v) is 4.43. The predicted molar refractivity (Wildman–Crippen MR) is 82.2 cm³/mol. The fraction of sp³-hybridized carbons (Fsp3) is 0.933. The summed E-state index contributed by atoms with van der Waals surface area (Å²) in [6, 6.07) is 1.21. The van der Waals surface area contributed by atoms with Gasteiger partial charge in [-0.05, 0) is 43.4 Å². The average molecular weight is 268 g/mol. The molecule has 0 aromatic carbocycles. The van der Waals surface area contributed by atoms with Gasteiger partial charge < -0.3 is 5.32 Å². The van der Waals surface area contributed by atoms with Crippen LogP contribution in [0.1, 0.15) is 53.4 Å². The van der Waals surface area contributed by atoms with E-state index in [-0.39, 0.29) is 0 Å². The third kappa shape index (κ3) is 4.18. The summed E-state index contributed by atoms with van der Waals surface area (Å²) in [6.45, 7) is 9.34. The van der Waals surface area contributed by atoms with Crippen LogP contribution in [0.4, 0.5) is 0 Å². The van der Waals surface area contributed by atoms with E-state index in [0.29, 0.717) is 12.1 Å². The number of hydrogen-bond donors (Lipinski definition) is 1. The van der Waals surface area contributed by atoms with Gasteiger partial charge in [0.1, 0.15) is 0 Å². The molecule has 0 bridgehead atoms. The lowest BCUT2D eigenvalue weighted by Crippen LogP contribution is -2.38. The van der Waals surface area contributed by atoms with Crippen molar-refractivity contribution in [2.24, 2.45) is 22.7 Å². The van der Waals surface area contributed by atoms with Crippen LogP contribution in [0.5, 0.6) is 0 Å². The summed E-state index contributed by atoms with van der Waals surface area (Å²) in [5.74, 6) is 3.67. The molecule has 1 heterocycles. The number of rotatable bonds is 3. The largest absolute Gasteiger partial charge is 0.362 e. The highest BCUT2D eigenvalue weighted by Crippen LogP contribution is 2.30. The molecule has 3 unspecified atom stereocenters. The van der Waals surface area contributed by atoms with E-state index in [2.05, 4.69) is 33.0 Å². The zero-order chi connectivity index (χ0) is 13.1. The first-order chi connectivity index (χ1) is 8.52. The van der Waals surface area contributed by atoms with Gasteiger partial charge in [-0.2, -0.15) is 0 Å². The van der Waals surface area contributed by atoms with Crippen LogP contribution in [0.2, 0.25) is 0 Å². The summed E-state index contributed by atoms with van der Waals surface area (Å²) < 4.78 is 0. The van der Waals surface area contributed by atoms with Crippen LogP contribution in [0.15, 0.2) is 4.99 Å². The van der Waals surface area contributed by atoms with Crippen LogP contribution < -0.4 is 5.32 Å². The minimum atomic E-state index is 0.552. The molecule has 3 heteroatoms. The smallest absolute Gasteiger partial charge is 0.157 e. The Bertz CT molecular complexity index is 291. The predicted octanol–water partition coefficient (Wildman–Crippen LogP) is 3.92. The maximum Gasteiger partial charge on any atom is 0.157 e. The van der Waals surface area contributed by atoms with E-state index in [4.69, 9.17) is 4.99 Å². The summed E-state index contributed by atoms with van der Waals surface area (Å²) in [4.78, 5) is 4.84. The van der Waals surface area contributed by atoms with Crippen molar-refractivity contribution < 1.29 is 0 Å². The monoisotopic (exact) mass is 268 g/mol. The Morgan fingerprint density at radius 2 is 1.89 bits per heavy atom. The van der Waals surface area contributed by atoms with Crippen LogP contribution in [-0.4, -0.2) is 23.0 Å². The standard InChI is InChI=1S/C15H28N2S/c1-10(2)5-14-9-18-15(17-14)16-13-7-11(3)6-12(4)8-13/h10-14H,5-9H2,1-4H3,(H,16,17). The Kier molecular flexibility index (Phi) is 4.99.